The maximum absolute atomic E-state index is 13.7. The third kappa shape index (κ3) is 5.67. The fraction of sp³-hybridized carbons (Fsp3) is 0.211. The molecule has 0 fully saturated rings. The van der Waals surface area contributed by atoms with Crippen molar-refractivity contribution in [1.29, 1.82) is 0 Å². The molecule has 5 nitrogen and oxygen atoms in total. The number of pyridine rings is 1. The van der Waals surface area contributed by atoms with Gasteiger partial charge < -0.3 is 10.1 Å². The summed E-state index contributed by atoms with van der Waals surface area (Å²) < 4.78 is 19.0. The Balaban J connectivity index is 0.00000163. The van der Waals surface area contributed by atoms with Crippen molar-refractivity contribution in [2.24, 2.45) is 0 Å². The van der Waals surface area contributed by atoms with E-state index in [0.29, 0.717) is 11.6 Å². The van der Waals surface area contributed by atoms with Crippen LogP contribution in [0.3, 0.4) is 0 Å². The van der Waals surface area contributed by atoms with Crippen LogP contribution in [0, 0.1) is 6.92 Å². The highest BCUT2D eigenvalue weighted by atomic mass is 35.5. The lowest BCUT2D eigenvalue weighted by molar-refractivity contribution is 0.413. The molecule has 0 radical (unpaired) electrons. The zero-order chi connectivity index (χ0) is 19.7. The van der Waals surface area contributed by atoms with E-state index in [9.17, 15) is 4.39 Å². The minimum Gasteiger partial charge on any atom is -0.491 e. The molecule has 0 aliphatic heterocycles. The summed E-state index contributed by atoms with van der Waals surface area (Å²) in [4.78, 5) is 12.4. The zero-order valence-electron chi connectivity index (χ0n) is 15.3. The maximum Gasteiger partial charge on any atom is 0.179 e. The molecule has 0 amide bonds. The standard InChI is InChI=1S/C17H16ClFN4O.C2H6/c1-10-8-20-6-5-14(10)22-17-15(24-4)9-21-16(23-17)13(12(3)19)7-11(2)18;1-2/h5-9H,2-3H2,1,4H3,(H,20,21,22,23);1-2H3/b13-7+;. The minimum absolute atomic E-state index is 0.0483. The Morgan fingerprint density at radius 2 is 2.00 bits per heavy atom. The summed E-state index contributed by atoms with van der Waals surface area (Å²) in [6, 6.07) is 1.79. The molecular weight excluding hydrogens is 355 g/mol. The first kappa shape index (κ1) is 21.3. The van der Waals surface area contributed by atoms with E-state index >= 15 is 0 Å². The molecule has 0 unspecified atom stereocenters. The molecule has 0 aliphatic carbocycles. The molecule has 0 atom stereocenters. The topological polar surface area (TPSA) is 59.9 Å². The second kappa shape index (κ2) is 10.3. The lowest BCUT2D eigenvalue weighted by atomic mass is 10.2. The summed E-state index contributed by atoms with van der Waals surface area (Å²) in [6.07, 6.45) is 6.11. The van der Waals surface area contributed by atoms with Crippen LogP contribution in [0.15, 0.2) is 54.7 Å². The number of halogens is 2. The van der Waals surface area contributed by atoms with Crippen LogP contribution in [-0.2, 0) is 0 Å². The first-order chi connectivity index (χ1) is 12.4. The van der Waals surface area contributed by atoms with Crippen LogP contribution in [0.5, 0.6) is 5.75 Å². The van der Waals surface area contributed by atoms with Gasteiger partial charge in [0.05, 0.1) is 18.9 Å². The molecule has 0 aliphatic rings. The van der Waals surface area contributed by atoms with E-state index in [1.165, 1.54) is 19.4 Å². The highest BCUT2D eigenvalue weighted by molar-refractivity contribution is 6.31. The van der Waals surface area contributed by atoms with Gasteiger partial charge in [0, 0.05) is 23.1 Å². The van der Waals surface area contributed by atoms with E-state index in [1.807, 2.05) is 20.8 Å². The van der Waals surface area contributed by atoms with E-state index in [-0.39, 0.29) is 16.4 Å². The number of nitrogens with zero attached hydrogens (tertiary/aromatic N) is 3. The van der Waals surface area contributed by atoms with Crippen molar-refractivity contribution >= 4 is 28.7 Å². The molecule has 0 saturated heterocycles. The monoisotopic (exact) mass is 376 g/mol. The van der Waals surface area contributed by atoms with Gasteiger partial charge in [-0.25, -0.2) is 14.4 Å². The van der Waals surface area contributed by atoms with Crippen molar-refractivity contribution in [2.45, 2.75) is 20.8 Å². The molecule has 2 aromatic rings. The fourth-order valence-electron chi connectivity index (χ4n) is 1.90. The van der Waals surface area contributed by atoms with Crippen molar-refractivity contribution in [3.05, 3.63) is 66.1 Å². The molecular formula is C19H22ClFN4O. The van der Waals surface area contributed by atoms with Gasteiger partial charge in [-0.15, -0.1) is 0 Å². The first-order valence-corrected chi connectivity index (χ1v) is 8.30. The number of ether oxygens (including phenoxy) is 1. The van der Waals surface area contributed by atoms with Crippen molar-refractivity contribution in [2.75, 3.05) is 12.4 Å². The lowest BCUT2D eigenvalue weighted by Crippen LogP contribution is -2.04. The summed E-state index contributed by atoms with van der Waals surface area (Å²) >= 11 is 5.73. The van der Waals surface area contributed by atoms with Crippen LogP contribution in [0.25, 0.3) is 5.57 Å². The van der Waals surface area contributed by atoms with Gasteiger partial charge in [-0.2, -0.15) is 0 Å². The number of hydrogen-bond acceptors (Lipinski definition) is 5. The SMILES string of the molecule is C=C(Cl)/C=C(\C(=C)F)c1ncc(OC)c(Nc2ccncc2C)n1.CC. The quantitative estimate of drug-likeness (QED) is 0.667. The number of methoxy groups -OCH3 is 1. The largest absolute Gasteiger partial charge is 0.491 e. The second-order valence-electron chi connectivity index (χ2n) is 4.84. The third-order valence-electron chi connectivity index (χ3n) is 3.08. The summed E-state index contributed by atoms with van der Waals surface area (Å²) in [5, 5.41) is 3.27. The number of anilines is 2. The molecule has 138 valence electrons. The molecule has 7 heteroatoms. The van der Waals surface area contributed by atoms with Gasteiger partial charge in [-0.05, 0) is 24.6 Å². The molecule has 0 spiro atoms. The zero-order valence-corrected chi connectivity index (χ0v) is 16.1. The summed E-state index contributed by atoms with van der Waals surface area (Å²) in [5.41, 5.74) is 1.76. The van der Waals surface area contributed by atoms with Crippen LogP contribution in [0.1, 0.15) is 25.2 Å². The summed E-state index contributed by atoms with van der Waals surface area (Å²) in [6.45, 7) is 12.7. The smallest absolute Gasteiger partial charge is 0.179 e. The Kier molecular flexibility index (Phi) is 8.45. The Hall–Kier alpha value is -2.73. The predicted octanol–water partition coefficient (Wildman–Crippen LogP) is 5.58. The van der Waals surface area contributed by atoms with Gasteiger partial charge in [0.2, 0.25) is 0 Å². The molecule has 0 bridgehead atoms. The lowest BCUT2D eigenvalue weighted by Gasteiger charge is -2.13. The van der Waals surface area contributed by atoms with Crippen LogP contribution in [-0.4, -0.2) is 22.1 Å². The third-order valence-corrected chi connectivity index (χ3v) is 3.19. The summed E-state index contributed by atoms with van der Waals surface area (Å²) in [7, 11) is 1.49. The predicted molar refractivity (Wildman–Crippen MR) is 105 cm³/mol. The highest BCUT2D eigenvalue weighted by Crippen LogP contribution is 2.29. The Morgan fingerprint density at radius 3 is 2.54 bits per heavy atom. The molecule has 2 aromatic heterocycles. The van der Waals surface area contributed by atoms with Crippen molar-refractivity contribution in [3.8, 4) is 5.75 Å². The van der Waals surface area contributed by atoms with E-state index in [2.05, 4.69) is 33.4 Å². The van der Waals surface area contributed by atoms with Crippen molar-refractivity contribution < 1.29 is 9.13 Å². The van der Waals surface area contributed by atoms with Gasteiger partial charge in [-0.1, -0.05) is 38.6 Å². The van der Waals surface area contributed by atoms with Crippen LogP contribution >= 0.6 is 11.6 Å². The molecule has 26 heavy (non-hydrogen) atoms. The highest BCUT2D eigenvalue weighted by Gasteiger charge is 2.14. The average Bonchev–Trinajstić information content (AvgIpc) is 2.63. The first-order valence-electron chi connectivity index (χ1n) is 7.92. The Bertz CT molecular complexity index is 821. The van der Waals surface area contributed by atoms with Gasteiger partial charge in [0.25, 0.3) is 0 Å². The minimum atomic E-state index is -0.715. The van der Waals surface area contributed by atoms with Crippen LogP contribution in [0.2, 0.25) is 0 Å². The average molecular weight is 377 g/mol. The van der Waals surface area contributed by atoms with Gasteiger partial charge in [0.1, 0.15) is 5.83 Å². The van der Waals surface area contributed by atoms with Crippen LogP contribution < -0.4 is 10.1 Å². The second-order valence-corrected chi connectivity index (χ2v) is 5.32. The Morgan fingerprint density at radius 1 is 1.31 bits per heavy atom. The molecule has 0 saturated carbocycles. The normalized spacial score (nSPS) is 10.5. The number of aromatic nitrogens is 3. The van der Waals surface area contributed by atoms with Crippen LogP contribution in [0.4, 0.5) is 15.9 Å². The number of nitrogens with one attached hydrogen (secondary N) is 1. The fourth-order valence-corrected chi connectivity index (χ4v) is 2.01. The van der Waals surface area contributed by atoms with E-state index in [1.54, 1.807) is 18.5 Å². The summed E-state index contributed by atoms with van der Waals surface area (Å²) in [5.74, 6) is 0.180. The van der Waals surface area contributed by atoms with Gasteiger partial charge >= 0.3 is 0 Å². The maximum atomic E-state index is 13.7. The number of aryl methyl sites for hydroxylation is 1. The number of hydrogen-bond donors (Lipinski definition) is 1. The van der Waals surface area contributed by atoms with Gasteiger partial charge in [-0.3, -0.25) is 4.98 Å². The van der Waals surface area contributed by atoms with Crippen molar-refractivity contribution in [3.63, 3.8) is 0 Å². The van der Waals surface area contributed by atoms with E-state index in [4.69, 9.17) is 16.3 Å². The van der Waals surface area contributed by atoms with E-state index < -0.39 is 5.83 Å². The van der Waals surface area contributed by atoms with Gasteiger partial charge in [0.15, 0.2) is 17.4 Å². The Labute approximate surface area is 158 Å². The van der Waals surface area contributed by atoms with Crippen molar-refractivity contribution in [1.82, 2.24) is 15.0 Å². The molecule has 0 aromatic carbocycles. The molecule has 2 heterocycles. The molecule has 1 N–H and O–H groups in total. The van der Waals surface area contributed by atoms with E-state index in [0.717, 1.165) is 11.3 Å². The number of allylic oxidation sites excluding steroid dienone is 4. The number of rotatable bonds is 6. The molecule has 2 rings (SSSR count).